The molecular weight excluding hydrogens is 236 g/mol. The van der Waals surface area contributed by atoms with E-state index in [2.05, 4.69) is 31.9 Å². The van der Waals surface area contributed by atoms with E-state index in [4.69, 9.17) is 9.16 Å². The highest BCUT2D eigenvalue weighted by Crippen LogP contribution is 2.17. The molecule has 0 saturated heterocycles. The Balaban J connectivity index is 2.74. The van der Waals surface area contributed by atoms with Gasteiger partial charge in [0.15, 0.2) is 0 Å². The number of unbranched alkanes of at least 4 members (excludes halogenated alkanes) is 1. The third kappa shape index (κ3) is 4.95. The van der Waals surface area contributed by atoms with E-state index < -0.39 is 0 Å². The Bertz CT molecular complexity index is 430. The van der Waals surface area contributed by atoms with Gasteiger partial charge >= 0.3 is 5.78 Å². The van der Waals surface area contributed by atoms with Crippen molar-refractivity contribution in [2.75, 3.05) is 13.7 Å². The van der Waals surface area contributed by atoms with Crippen molar-refractivity contribution >= 4 is 5.78 Å². The Morgan fingerprint density at radius 3 is 2.89 bits per heavy atom. The SMILES string of the molecule is C=C=C1CC(OC)=C=CC1=[O+]CC(CC)CCCC. The Morgan fingerprint density at radius 2 is 2.32 bits per heavy atom. The normalized spacial score (nSPS) is 18.2. The van der Waals surface area contributed by atoms with Crippen LogP contribution in [0.4, 0.5) is 0 Å². The summed E-state index contributed by atoms with van der Waals surface area (Å²) in [6.45, 7) is 8.93. The number of ether oxygens (including phenoxy) is 1. The summed E-state index contributed by atoms with van der Waals surface area (Å²) in [6.07, 6.45) is 7.40. The molecule has 0 aromatic carbocycles. The van der Waals surface area contributed by atoms with Crippen LogP contribution >= 0.6 is 0 Å². The highest BCUT2D eigenvalue weighted by atomic mass is 16.5. The number of carbonyl (C=O) groups excluding carboxylic acids is 1. The molecular formula is C17H25O2+. The maximum atomic E-state index is 5.92. The molecule has 1 aliphatic carbocycles. The first-order valence-electron chi connectivity index (χ1n) is 7.13. The summed E-state index contributed by atoms with van der Waals surface area (Å²) >= 11 is 0. The first kappa shape index (κ1) is 15.6. The molecule has 19 heavy (non-hydrogen) atoms. The number of methoxy groups -OCH3 is 1. The molecule has 0 saturated carbocycles. The average molecular weight is 261 g/mol. The molecule has 0 radical (unpaired) electrons. The summed E-state index contributed by atoms with van der Waals surface area (Å²) in [7, 11) is 1.65. The molecule has 1 atom stereocenters. The summed E-state index contributed by atoms with van der Waals surface area (Å²) in [5, 5.41) is 0. The monoisotopic (exact) mass is 261 g/mol. The first-order valence-corrected chi connectivity index (χ1v) is 7.13. The molecule has 2 nitrogen and oxygen atoms in total. The number of allylic oxidation sites excluding steroid dienone is 1. The van der Waals surface area contributed by atoms with E-state index in [1.165, 1.54) is 19.3 Å². The minimum Gasteiger partial charge on any atom is -0.493 e. The highest BCUT2D eigenvalue weighted by molar-refractivity contribution is 6.05. The van der Waals surface area contributed by atoms with Gasteiger partial charge in [-0.05, 0) is 12.8 Å². The van der Waals surface area contributed by atoms with Crippen molar-refractivity contribution in [2.45, 2.75) is 46.0 Å². The molecule has 1 aliphatic rings. The fraction of sp³-hybridized carbons (Fsp3) is 0.588. The zero-order valence-corrected chi connectivity index (χ0v) is 12.4. The Kier molecular flexibility index (Phi) is 7.03. The molecule has 0 bridgehead atoms. The van der Waals surface area contributed by atoms with Crippen LogP contribution in [-0.4, -0.2) is 19.5 Å². The molecule has 0 spiro atoms. The van der Waals surface area contributed by atoms with Gasteiger partial charge in [0.1, 0.15) is 11.3 Å². The largest absolute Gasteiger partial charge is 0.493 e. The summed E-state index contributed by atoms with van der Waals surface area (Å²) < 4.78 is 11.1. The van der Waals surface area contributed by atoms with E-state index in [0.717, 1.165) is 30.1 Å². The van der Waals surface area contributed by atoms with Gasteiger partial charge in [0.05, 0.1) is 19.6 Å². The molecule has 0 amide bonds. The lowest BCUT2D eigenvalue weighted by Gasteiger charge is -2.07. The average Bonchev–Trinajstić information content (AvgIpc) is 2.47. The fourth-order valence-electron chi connectivity index (χ4n) is 2.05. The van der Waals surface area contributed by atoms with E-state index in [1.54, 1.807) is 7.11 Å². The van der Waals surface area contributed by atoms with Gasteiger partial charge in [-0.2, -0.15) is 0 Å². The molecule has 1 rings (SSSR count). The van der Waals surface area contributed by atoms with Crippen molar-refractivity contribution in [1.29, 1.82) is 0 Å². The van der Waals surface area contributed by atoms with Crippen molar-refractivity contribution < 1.29 is 9.16 Å². The van der Waals surface area contributed by atoms with Crippen molar-refractivity contribution in [3.05, 3.63) is 35.4 Å². The second kappa shape index (κ2) is 8.58. The standard InChI is InChI=1S/C17H25O2/c1-5-8-9-14(6-2)13-19-17-11-10-16(18-4)12-15(17)7-3/h11,14H,3,5-6,8-9,12-13H2,1-2,4H3/q+1. The van der Waals surface area contributed by atoms with Crippen LogP contribution in [0.15, 0.2) is 35.4 Å². The number of ketones is 1. The van der Waals surface area contributed by atoms with E-state index in [-0.39, 0.29) is 0 Å². The van der Waals surface area contributed by atoms with Gasteiger partial charge in [0.2, 0.25) is 0 Å². The molecule has 0 fully saturated rings. The highest BCUT2D eigenvalue weighted by Gasteiger charge is 2.22. The molecule has 0 aromatic rings. The Morgan fingerprint density at radius 1 is 1.53 bits per heavy atom. The second-order valence-electron chi connectivity index (χ2n) is 4.84. The molecule has 0 aliphatic heterocycles. The van der Waals surface area contributed by atoms with Crippen LogP contribution in [0, 0.1) is 5.92 Å². The Hall–Kier alpha value is -1.49. The van der Waals surface area contributed by atoms with Gasteiger partial charge in [-0.1, -0.05) is 39.0 Å². The van der Waals surface area contributed by atoms with Gasteiger partial charge in [-0.3, -0.25) is 4.42 Å². The molecule has 0 heterocycles. The topological polar surface area (TPSA) is 20.5 Å². The molecule has 1 unspecified atom stereocenters. The fourth-order valence-corrected chi connectivity index (χ4v) is 2.05. The maximum Gasteiger partial charge on any atom is 0.362 e. The van der Waals surface area contributed by atoms with E-state index in [1.807, 2.05) is 6.08 Å². The van der Waals surface area contributed by atoms with Gasteiger partial charge in [0.25, 0.3) is 6.61 Å². The number of hydrogen-bond donors (Lipinski definition) is 0. The zero-order chi connectivity index (χ0) is 14.1. The lowest BCUT2D eigenvalue weighted by atomic mass is 10.0. The number of hydrogen-bond acceptors (Lipinski definition) is 1. The zero-order valence-electron chi connectivity index (χ0n) is 12.4. The van der Waals surface area contributed by atoms with Gasteiger partial charge < -0.3 is 4.74 Å². The van der Waals surface area contributed by atoms with Crippen molar-refractivity contribution in [1.82, 2.24) is 0 Å². The first-order chi connectivity index (χ1) is 9.24. The molecule has 0 N–H and O–H groups in total. The Labute approximate surface area is 116 Å². The predicted octanol–water partition coefficient (Wildman–Crippen LogP) is 4.11. The van der Waals surface area contributed by atoms with Crippen LogP contribution in [0.3, 0.4) is 0 Å². The van der Waals surface area contributed by atoms with Crippen molar-refractivity contribution in [3.63, 3.8) is 0 Å². The summed E-state index contributed by atoms with van der Waals surface area (Å²) in [4.78, 5) is 0. The third-order valence-electron chi connectivity index (χ3n) is 3.48. The summed E-state index contributed by atoms with van der Waals surface area (Å²) in [5.74, 6) is 2.27. The van der Waals surface area contributed by atoms with E-state index in [0.29, 0.717) is 12.3 Å². The lowest BCUT2D eigenvalue weighted by molar-refractivity contribution is -0.465. The van der Waals surface area contributed by atoms with Crippen molar-refractivity contribution in [3.8, 4) is 0 Å². The van der Waals surface area contributed by atoms with Gasteiger partial charge in [0, 0.05) is 5.92 Å². The minimum atomic E-state index is 0.625. The minimum absolute atomic E-state index is 0.625. The predicted molar refractivity (Wildman–Crippen MR) is 79.1 cm³/mol. The van der Waals surface area contributed by atoms with Crippen LogP contribution in [0.5, 0.6) is 0 Å². The van der Waals surface area contributed by atoms with E-state index in [9.17, 15) is 0 Å². The maximum absolute atomic E-state index is 5.92. The smallest absolute Gasteiger partial charge is 0.362 e. The van der Waals surface area contributed by atoms with Crippen LogP contribution in [0.2, 0.25) is 0 Å². The molecule has 104 valence electrons. The van der Waals surface area contributed by atoms with Crippen LogP contribution in [0.1, 0.15) is 46.0 Å². The second-order valence-corrected chi connectivity index (χ2v) is 4.84. The van der Waals surface area contributed by atoms with Crippen LogP contribution in [0.25, 0.3) is 0 Å². The summed E-state index contributed by atoms with van der Waals surface area (Å²) in [5.41, 5.74) is 6.98. The van der Waals surface area contributed by atoms with Gasteiger partial charge in [-0.25, -0.2) is 0 Å². The third-order valence-corrected chi connectivity index (χ3v) is 3.48. The summed E-state index contributed by atoms with van der Waals surface area (Å²) in [6, 6.07) is 0. The quantitative estimate of drug-likeness (QED) is 0.384. The lowest BCUT2D eigenvalue weighted by Crippen LogP contribution is -2.13. The van der Waals surface area contributed by atoms with Crippen LogP contribution in [-0.2, 0) is 9.16 Å². The van der Waals surface area contributed by atoms with Crippen molar-refractivity contribution in [2.24, 2.45) is 5.92 Å². The van der Waals surface area contributed by atoms with Gasteiger partial charge in [-0.15, -0.1) is 5.73 Å². The van der Waals surface area contributed by atoms with E-state index >= 15 is 0 Å². The molecule has 0 aromatic heterocycles. The number of rotatable bonds is 7. The molecule has 2 heteroatoms. The van der Waals surface area contributed by atoms with Crippen LogP contribution < -0.4 is 0 Å².